The number of benzene rings is 2. The first-order valence-corrected chi connectivity index (χ1v) is 14.1. The van der Waals surface area contributed by atoms with Crippen LogP contribution in [-0.4, -0.2) is 37.7 Å². The lowest BCUT2D eigenvalue weighted by Gasteiger charge is -2.26. The molecule has 1 unspecified atom stereocenters. The van der Waals surface area contributed by atoms with Crippen molar-refractivity contribution in [1.29, 1.82) is 0 Å². The van der Waals surface area contributed by atoms with Gasteiger partial charge in [-0.1, -0.05) is 80.5 Å². The molecule has 0 aliphatic carbocycles. The first kappa shape index (κ1) is 35.2. The van der Waals surface area contributed by atoms with Crippen molar-refractivity contribution in [2.24, 2.45) is 10.8 Å². The highest BCUT2D eigenvalue weighted by Crippen LogP contribution is 2.37. The van der Waals surface area contributed by atoms with Crippen LogP contribution in [0.2, 0.25) is 20.1 Å². The zero-order chi connectivity index (χ0) is 26.3. The molecule has 2 aliphatic heterocycles. The van der Waals surface area contributed by atoms with Gasteiger partial charge in [-0.15, -0.1) is 12.4 Å². The SMILES string of the molecule is C.CCCC1(C(=O)c2ccc(Cl)c(Cl)c2)CCNC1.CCC[C@]1(C(=O)c2ccc(Cl)c(Cl)c2)CCNC1.Cl. The molecule has 0 amide bonds. The van der Waals surface area contributed by atoms with Crippen LogP contribution in [-0.2, 0) is 0 Å². The Kier molecular flexibility index (Phi) is 14.6. The summed E-state index contributed by atoms with van der Waals surface area (Å²) < 4.78 is 0. The van der Waals surface area contributed by atoms with Crippen molar-refractivity contribution in [2.45, 2.75) is 59.8 Å². The van der Waals surface area contributed by atoms with E-state index in [-0.39, 0.29) is 42.2 Å². The zero-order valence-electron chi connectivity index (χ0n) is 21.3. The molecular formula is C29H39Cl5N2O2. The Hall–Kier alpha value is -0.850. The largest absolute Gasteiger partial charge is 0.316 e. The summed E-state index contributed by atoms with van der Waals surface area (Å²) >= 11 is 23.7. The second-order valence-electron chi connectivity index (χ2n) is 9.83. The maximum Gasteiger partial charge on any atom is 0.170 e. The van der Waals surface area contributed by atoms with Gasteiger partial charge < -0.3 is 10.6 Å². The molecule has 2 atom stereocenters. The molecule has 38 heavy (non-hydrogen) atoms. The van der Waals surface area contributed by atoms with Crippen molar-refractivity contribution in [3.05, 3.63) is 67.6 Å². The molecular weight excluding hydrogens is 586 g/mol. The summed E-state index contributed by atoms with van der Waals surface area (Å²) in [4.78, 5) is 25.4. The van der Waals surface area contributed by atoms with Crippen LogP contribution in [0.15, 0.2) is 36.4 Å². The number of hydrogen-bond acceptors (Lipinski definition) is 4. The first-order chi connectivity index (χ1) is 17.2. The molecule has 2 saturated heterocycles. The van der Waals surface area contributed by atoms with Crippen molar-refractivity contribution >= 4 is 70.4 Å². The summed E-state index contributed by atoms with van der Waals surface area (Å²) in [6.07, 6.45) is 5.65. The van der Waals surface area contributed by atoms with Gasteiger partial charge in [-0.25, -0.2) is 0 Å². The molecule has 2 heterocycles. The fourth-order valence-electron chi connectivity index (χ4n) is 5.37. The predicted octanol–water partition coefficient (Wildman–Crippen LogP) is 8.97. The Morgan fingerprint density at radius 1 is 0.711 bits per heavy atom. The molecule has 2 aromatic rings. The molecule has 0 radical (unpaired) electrons. The number of rotatable bonds is 8. The quantitative estimate of drug-likeness (QED) is 0.288. The van der Waals surface area contributed by atoms with E-state index in [4.69, 9.17) is 46.4 Å². The van der Waals surface area contributed by atoms with Gasteiger partial charge in [0.2, 0.25) is 0 Å². The van der Waals surface area contributed by atoms with E-state index in [0.29, 0.717) is 31.2 Å². The number of halogens is 5. The second-order valence-corrected chi connectivity index (χ2v) is 11.5. The molecule has 0 bridgehead atoms. The molecule has 2 fully saturated rings. The molecule has 4 nitrogen and oxygen atoms in total. The standard InChI is InChI=1S/2C14H17Cl2NO.CH4.ClH/c2*1-2-5-14(6-7-17-9-14)13(18)10-3-4-11(15)12(16)8-10;;/h2*3-4,8,17H,2,5-7,9H2,1H3;1H4;1H/t14-;;;/m0.../s1. The van der Waals surface area contributed by atoms with Gasteiger partial charge in [0, 0.05) is 35.0 Å². The highest BCUT2D eigenvalue weighted by atomic mass is 35.5. The minimum Gasteiger partial charge on any atom is -0.316 e. The smallest absolute Gasteiger partial charge is 0.170 e. The van der Waals surface area contributed by atoms with E-state index in [2.05, 4.69) is 24.5 Å². The summed E-state index contributed by atoms with van der Waals surface area (Å²) in [5.41, 5.74) is 0.820. The molecule has 0 saturated carbocycles. The van der Waals surface area contributed by atoms with E-state index in [0.717, 1.165) is 64.7 Å². The topological polar surface area (TPSA) is 58.2 Å². The molecule has 4 rings (SSSR count). The molecule has 212 valence electrons. The number of ketones is 2. The van der Waals surface area contributed by atoms with Gasteiger partial charge in [0.25, 0.3) is 0 Å². The summed E-state index contributed by atoms with van der Waals surface area (Å²) in [6.45, 7) is 7.57. The van der Waals surface area contributed by atoms with E-state index in [1.165, 1.54) is 0 Å². The number of Topliss-reactive ketones (excluding diaryl/α,β-unsaturated/α-hetero) is 2. The number of carbonyl (C=O) groups is 2. The van der Waals surface area contributed by atoms with Crippen LogP contribution in [0.1, 0.15) is 80.5 Å². The Morgan fingerprint density at radius 3 is 1.34 bits per heavy atom. The van der Waals surface area contributed by atoms with E-state index in [1.54, 1.807) is 36.4 Å². The minimum absolute atomic E-state index is 0. The van der Waals surface area contributed by atoms with E-state index < -0.39 is 0 Å². The molecule has 2 N–H and O–H groups in total. The lowest BCUT2D eigenvalue weighted by atomic mass is 9.76. The van der Waals surface area contributed by atoms with Crippen molar-refractivity contribution in [3.63, 3.8) is 0 Å². The lowest BCUT2D eigenvalue weighted by molar-refractivity contribution is 0.0795. The van der Waals surface area contributed by atoms with Gasteiger partial charge in [0.1, 0.15) is 0 Å². The van der Waals surface area contributed by atoms with E-state index in [1.807, 2.05) is 0 Å². The molecule has 2 aromatic carbocycles. The fraction of sp³-hybridized carbons (Fsp3) is 0.517. The number of hydrogen-bond donors (Lipinski definition) is 2. The summed E-state index contributed by atoms with van der Waals surface area (Å²) in [7, 11) is 0. The van der Waals surface area contributed by atoms with Gasteiger partial charge in [0.15, 0.2) is 11.6 Å². The van der Waals surface area contributed by atoms with Crippen LogP contribution in [0.25, 0.3) is 0 Å². The summed E-state index contributed by atoms with van der Waals surface area (Å²) in [5, 5.41) is 8.46. The Labute approximate surface area is 253 Å². The third-order valence-electron chi connectivity index (χ3n) is 7.27. The van der Waals surface area contributed by atoms with Gasteiger partial charge in [-0.3, -0.25) is 9.59 Å². The molecule has 2 aliphatic rings. The van der Waals surface area contributed by atoms with Gasteiger partial charge >= 0.3 is 0 Å². The number of nitrogens with one attached hydrogen (secondary N) is 2. The minimum atomic E-state index is -0.258. The molecule has 0 aromatic heterocycles. The van der Waals surface area contributed by atoms with Crippen LogP contribution >= 0.6 is 58.8 Å². The van der Waals surface area contributed by atoms with Crippen molar-refractivity contribution in [3.8, 4) is 0 Å². The Bertz CT molecular complexity index is 995. The van der Waals surface area contributed by atoms with Crippen LogP contribution < -0.4 is 10.6 Å². The van der Waals surface area contributed by atoms with Crippen LogP contribution in [0.5, 0.6) is 0 Å². The van der Waals surface area contributed by atoms with Crippen LogP contribution in [0, 0.1) is 10.8 Å². The predicted molar refractivity (Wildman–Crippen MR) is 165 cm³/mol. The zero-order valence-corrected chi connectivity index (χ0v) is 25.1. The van der Waals surface area contributed by atoms with Crippen LogP contribution in [0.3, 0.4) is 0 Å². The van der Waals surface area contributed by atoms with Crippen molar-refractivity contribution in [1.82, 2.24) is 10.6 Å². The Morgan fingerprint density at radius 2 is 1.08 bits per heavy atom. The van der Waals surface area contributed by atoms with Crippen molar-refractivity contribution in [2.75, 3.05) is 26.2 Å². The van der Waals surface area contributed by atoms with Gasteiger partial charge in [0.05, 0.1) is 20.1 Å². The lowest BCUT2D eigenvalue weighted by Crippen LogP contribution is -2.33. The monoisotopic (exact) mass is 622 g/mol. The maximum atomic E-state index is 12.7. The fourth-order valence-corrected chi connectivity index (χ4v) is 5.97. The van der Waals surface area contributed by atoms with Gasteiger partial charge in [-0.05, 0) is 75.2 Å². The average molecular weight is 625 g/mol. The second kappa shape index (κ2) is 15.8. The van der Waals surface area contributed by atoms with E-state index in [9.17, 15) is 9.59 Å². The van der Waals surface area contributed by atoms with Crippen molar-refractivity contribution < 1.29 is 9.59 Å². The third-order valence-corrected chi connectivity index (χ3v) is 8.75. The van der Waals surface area contributed by atoms with Crippen LogP contribution in [0.4, 0.5) is 0 Å². The van der Waals surface area contributed by atoms with Gasteiger partial charge in [-0.2, -0.15) is 0 Å². The maximum absolute atomic E-state index is 12.7. The highest BCUT2D eigenvalue weighted by Gasteiger charge is 2.41. The molecule has 0 spiro atoms. The summed E-state index contributed by atoms with van der Waals surface area (Å²) in [6, 6.07) is 10.3. The molecule has 9 heteroatoms. The number of carbonyl (C=O) groups excluding carboxylic acids is 2. The summed E-state index contributed by atoms with van der Waals surface area (Å²) in [5.74, 6) is 0.376. The van der Waals surface area contributed by atoms with E-state index >= 15 is 0 Å². The Balaban J connectivity index is 0.000000361. The normalized spacial score (nSPS) is 22.1. The third kappa shape index (κ3) is 8.10. The average Bonchev–Trinajstić information content (AvgIpc) is 3.54. The first-order valence-electron chi connectivity index (χ1n) is 12.6. The highest BCUT2D eigenvalue weighted by molar-refractivity contribution is 6.42.